The molecule has 7 nitrogen and oxygen atoms in total. The average Bonchev–Trinajstić information content (AvgIpc) is 3.22. The first kappa shape index (κ1) is 19.6. The fourth-order valence-corrected chi connectivity index (χ4v) is 4.65. The summed E-state index contributed by atoms with van der Waals surface area (Å²) in [4.78, 5) is 37.9. The number of fused-ring (bicyclic) bond motifs is 2. The van der Waals surface area contributed by atoms with Crippen LogP contribution < -0.4 is 11.2 Å². The Balaban J connectivity index is 1.58. The van der Waals surface area contributed by atoms with Crippen molar-refractivity contribution in [3.8, 4) is 11.5 Å². The molecule has 3 aliphatic rings. The van der Waals surface area contributed by atoms with Crippen LogP contribution in [0, 0.1) is 13.8 Å². The van der Waals surface area contributed by atoms with Gasteiger partial charge in [-0.1, -0.05) is 30.3 Å². The van der Waals surface area contributed by atoms with Gasteiger partial charge in [0.15, 0.2) is 11.5 Å². The van der Waals surface area contributed by atoms with Crippen LogP contribution in [0.5, 0.6) is 0 Å². The maximum atomic E-state index is 12.5. The number of rotatable bonds is 4. The van der Waals surface area contributed by atoms with Gasteiger partial charge in [-0.3, -0.25) is 14.7 Å². The fourth-order valence-electron chi connectivity index (χ4n) is 4.65. The van der Waals surface area contributed by atoms with Crippen molar-refractivity contribution in [1.29, 1.82) is 0 Å². The minimum Gasteiger partial charge on any atom is -0.321 e. The number of aromatic nitrogens is 4. The van der Waals surface area contributed by atoms with E-state index >= 15 is 0 Å². The quantitative estimate of drug-likeness (QED) is 0.518. The van der Waals surface area contributed by atoms with Gasteiger partial charge in [0.05, 0.1) is 11.0 Å². The molecule has 3 aliphatic heterocycles. The molecule has 7 heteroatoms. The Morgan fingerprint density at radius 2 is 1.81 bits per heavy atom. The number of likely N-dealkylation sites (tertiary alicyclic amines) is 1. The summed E-state index contributed by atoms with van der Waals surface area (Å²) in [5.74, 6) is 0.347. The number of hydrogen-bond donors (Lipinski definition) is 1. The van der Waals surface area contributed by atoms with Gasteiger partial charge in [0, 0.05) is 19.1 Å². The molecule has 0 saturated carbocycles. The Morgan fingerprint density at radius 3 is 2.61 bits per heavy atom. The summed E-state index contributed by atoms with van der Waals surface area (Å²) in [5, 5.41) is 0. The monoisotopic (exact) mass is 415 g/mol. The molecule has 0 bridgehead atoms. The summed E-state index contributed by atoms with van der Waals surface area (Å²) in [7, 11) is 0. The summed E-state index contributed by atoms with van der Waals surface area (Å²) >= 11 is 0. The topological polar surface area (TPSA) is 83.9 Å². The second-order valence-corrected chi connectivity index (χ2v) is 8.34. The maximum Gasteiger partial charge on any atom is 0.349 e. The largest absolute Gasteiger partial charge is 0.349 e. The van der Waals surface area contributed by atoms with E-state index < -0.39 is 11.2 Å². The SMILES string of the molecule is Cc1cc2nc3c(=O)[nH]c(=O)nc-3n(CCN3CCCC3c3ccccc3)c2cc1C. The zero-order chi connectivity index (χ0) is 21.5. The molecule has 1 fully saturated rings. The molecule has 2 aromatic rings. The molecule has 0 aliphatic carbocycles. The van der Waals surface area contributed by atoms with Crippen molar-refractivity contribution in [2.24, 2.45) is 0 Å². The van der Waals surface area contributed by atoms with Crippen molar-refractivity contribution in [2.45, 2.75) is 39.3 Å². The van der Waals surface area contributed by atoms with Gasteiger partial charge in [-0.2, -0.15) is 4.98 Å². The lowest BCUT2D eigenvalue weighted by Gasteiger charge is -2.26. The standard InChI is InChI=1S/C24H25N5O2/c1-15-13-18-20(14-16(15)2)29(22-21(25-18)23(30)27-24(31)26-22)12-11-28-10-6-9-19(28)17-7-4-3-5-8-17/h3-5,7-8,13-14,19H,6,9-12H2,1-2H3,(H,27,30,31). The van der Waals surface area contributed by atoms with E-state index in [9.17, 15) is 9.59 Å². The highest BCUT2D eigenvalue weighted by molar-refractivity contribution is 5.81. The highest BCUT2D eigenvalue weighted by atomic mass is 16.2. The number of benzene rings is 2. The summed E-state index contributed by atoms with van der Waals surface area (Å²) < 4.78 is 1.99. The van der Waals surface area contributed by atoms with Crippen LogP contribution in [0.4, 0.5) is 0 Å². The third-order valence-electron chi connectivity index (χ3n) is 6.38. The van der Waals surface area contributed by atoms with Gasteiger partial charge in [-0.25, -0.2) is 9.78 Å². The van der Waals surface area contributed by atoms with Gasteiger partial charge in [-0.15, -0.1) is 0 Å². The Labute approximate surface area is 179 Å². The molecule has 5 rings (SSSR count). The van der Waals surface area contributed by atoms with Crippen molar-refractivity contribution in [2.75, 3.05) is 13.1 Å². The molecule has 1 N–H and O–H groups in total. The Bertz CT molecular complexity index is 1340. The lowest BCUT2D eigenvalue weighted by molar-refractivity contribution is 0.248. The molecular formula is C24H25N5O2. The Hall–Kier alpha value is -3.32. The van der Waals surface area contributed by atoms with Crippen molar-refractivity contribution >= 4 is 11.0 Å². The zero-order valence-electron chi connectivity index (χ0n) is 17.8. The Kier molecular flexibility index (Phi) is 4.90. The minimum absolute atomic E-state index is 0.205. The van der Waals surface area contributed by atoms with Gasteiger partial charge >= 0.3 is 5.69 Å². The molecule has 0 amide bonds. The second-order valence-electron chi connectivity index (χ2n) is 8.34. The third kappa shape index (κ3) is 3.55. The van der Waals surface area contributed by atoms with Crippen molar-refractivity contribution < 1.29 is 0 Å². The van der Waals surface area contributed by atoms with Gasteiger partial charge in [-0.05, 0) is 62.1 Å². The highest BCUT2D eigenvalue weighted by Crippen LogP contribution is 2.32. The lowest BCUT2D eigenvalue weighted by Crippen LogP contribution is -2.31. The summed E-state index contributed by atoms with van der Waals surface area (Å²) in [6.07, 6.45) is 2.29. The van der Waals surface area contributed by atoms with Gasteiger partial charge in [0.1, 0.15) is 0 Å². The van der Waals surface area contributed by atoms with Crippen LogP contribution in [0.3, 0.4) is 0 Å². The van der Waals surface area contributed by atoms with Crippen LogP contribution in [0.2, 0.25) is 0 Å². The van der Waals surface area contributed by atoms with E-state index in [1.54, 1.807) is 0 Å². The summed E-state index contributed by atoms with van der Waals surface area (Å²) in [5.41, 5.74) is 4.28. The molecule has 31 heavy (non-hydrogen) atoms. The molecule has 0 aromatic heterocycles. The van der Waals surface area contributed by atoms with Crippen molar-refractivity contribution in [3.63, 3.8) is 0 Å². The van der Waals surface area contributed by atoms with Crippen LogP contribution in [-0.4, -0.2) is 37.5 Å². The lowest BCUT2D eigenvalue weighted by atomic mass is 10.0. The fraction of sp³-hybridized carbons (Fsp3) is 0.333. The average molecular weight is 415 g/mol. The number of nitrogens with zero attached hydrogens (tertiary/aromatic N) is 4. The van der Waals surface area contributed by atoms with E-state index in [0.29, 0.717) is 18.4 Å². The van der Waals surface area contributed by atoms with E-state index in [2.05, 4.69) is 57.1 Å². The highest BCUT2D eigenvalue weighted by Gasteiger charge is 2.26. The molecule has 1 unspecified atom stereocenters. The van der Waals surface area contributed by atoms with Crippen LogP contribution in [0.1, 0.15) is 35.6 Å². The molecule has 3 heterocycles. The van der Waals surface area contributed by atoms with Crippen molar-refractivity contribution in [3.05, 3.63) is 80.0 Å². The molecule has 1 saturated heterocycles. The normalized spacial score (nSPS) is 17.0. The summed E-state index contributed by atoms with van der Waals surface area (Å²) in [6.45, 7) is 6.54. The third-order valence-corrected chi connectivity index (χ3v) is 6.38. The van der Waals surface area contributed by atoms with Crippen LogP contribution in [-0.2, 0) is 6.54 Å². The van der Waals surface area contributed by atoms with E-state index in [1.165, 1.54) is 5.56 Å². The predicted octanol–water partition coefficient (Wildman–Crippen LogP) is 3.04. The molecule has 0 radical (unpaired) electrons. The zero-order valence-corrected chi connectivity index (χ0v) is 17.8. The van der Waals surface area contributed by atoms with E-state index in [0.717, 1.165) is 48.1 Å². The van der Waals surface area contributed by atoms with Crippen molar-refractivity contribution in [1.82, 2.24) is 24.4 Å². The number of aromatic amines is 1. The number of H-pyrrole nitrogens is 1. The van der Waals surface area contributed by atoms with E-state index in [4.69, 9.17) is 0 Å². The van der Waals surface area contributed by atoms with Gasteiger partial charge in [0.25, 0.3) is 5.56 Å². The van der Waals surface area contributed by atoms with Crippen LogP contribution >= 0.6 is 0 Å². The molecule has 0 spiro atoms. The minimum atomic E-state index is -0.639. The first-order valence-corrected chi connectivity index (χ1v) is 10.7. The first-order valence-electron chi connectivity index (χ1n) is 10.7. The predicted molar refractivity (Wildman–Crippen MR) is 121 cm³/mol. The van der Waals surface area contributed by atoms with Gasteiger partial charge < -0.3 is 4.57 Å². The first-order chi connectivity index (χ1) is 15.0. The summed E-state index contributed by atoms with van der Waals surface area (Å²) in [6, 6.07) is 15.0. The molecule has 2 aromatic carbocycles. The molecule has 158 valence electrons. The van der Waals surface area contributed by atoms with Crippen LogP contribution in [0.25, 0.3) is 22.6 Å². The maximum absolute atomic E-state index is 12.5. The van der Waals surface area contributed by atoms with Gasteiger partial charge in [0.2, 0.25) is 0 Å². The van der Waals surface area contributed by atoms with E-state index in [1.807, 2.05) is 23.6 Å². The number of nitrogens with one attached hydrogen (secondary N) is 1. The second kappa shape index (κ2) is 7.74. The molecular weight excluding hydrogens is 390 g/mol. The number of hydrogen-bond acceptors (Lipinski definition) is 5. The smallest absolute Gasteiger partial charge is 0.321 e. The molecule has 1 atom stereocenters. The number of aryl methyl sites for hydroxylation is 2. The van der Waals surface area contributed by atoms with Crippen LogP contribution in [0.15, 0.2) is 52.1 Å². The Morgan fingerprint density at radius 1 is 1.03 bits per heavy atom. The van der Waals surface area contributed by atoms with E-state index in [-0.39, 0.29) is 5.69 Å².